The largest absolute Gasteiger partial charge is 0.443 e. The molecule has 0 saturated carbocycles. The van der Waals surface area contributed by atoms with Gasteiger partial charge in [-0.25, -0.2) is 4.98 Å². The minimum atomic E-state index is -0.136. The predicted octanol–water partition coefficient (Wildman–Crippen LogP) is 5.43. The van der Waals surface area contributed by atoms with E-state index in [1.54, 1.807) is 0 Å². The summed E-state index contributed by atoms with van der Waals surface area (Å²) in [7, 11) is 0. The van der Waals surface area contributed by atoms with E-state index in [9.17, 15) is 4.79 Å². The first-order chi connectivity index (χ1) is 11.8. The van der Waals surface area contributed by atoms with Crippen molar-refractivity contribution in [2.75, 3.05) is 0 Å². The Morgan fingerprint density at radius 1 is 1.12 bits per heavy atom. The Bertz CT molecular complexity index is 869. The van der Waals surface area contributed by atoms with Crippen molar-refractivity contribution in [1.29, 1.82) is 0 Å². The van der Waals surface area contributed by atoms with Gasteiger partial charge in [0.1, 0.15) is 11.3 Å². The van der Waals surface area contributed by atoms with Gasteiger partial charge in [0.25, 0.3) is 0 Å². The average molecular weight is 335 g/mol. The predicted molar refractivity (Wildman–Crippen MR) is 101 cm³/mol. The van der Waals surface area contributed by atoms with Gasteiger partial charge in [-0.3, -0.25) is 4.79 Å². The third-order valence-corrected chi connectivity index (χ3v) is 4.82. The van der Waals surface area contributed by atoms with Gasteiger partial charge in [0, 0.05) is 12.3 Å². The second-order valence-electron chi connectivity index (χ2n) is 7.71. The normalized spacial score (nSPS) is 13.1. The van der Waals surface area contributed by atoms with Crippen LogP contribution in [0.15, 0.2) is 53.3 Å². The molecule has 0 fully saturated rings. The number of ketones is 1. The first-order valence-electron chi connectivity index (χ1n) is 8.80. The van der Waals surface area contributed by atoms with E-state index in [0.29, 0.717) is 6.42 Å². The van der Waals surface area contributed by atoms with Crippen LogP contribution in [0.1, 0.15) is 56.7 Å². The molecule has 0 spiro atoms. The highest BCUT2D eigenvalue weighted by atomic mass is 16.3. The zero-order valence-corrected chi connectivity index (χ0v) is 15.4. The van der Waals surface area contributed by atoms with Gasteiger partial charge in [-0.15, -0.1) is 0 Å². The van der Waals surface area contributed by atoms with Crippen molar-refractivity contribution in [1.82, 2.24) is 4.98 Å². The molecule has 0 aliphatic carbocycles. The van der Waals surface area contributed by atoms with Crippen molar-refractivity contribution >= 4 is 16.9 Å². The van der Waals surface area contributed by atoms with Crippen LogP contribution < -0.4 is 0 Å². The van der Waals surface area contributed by atoms with E-state index in [1.807, 2.05) is 25.1 Å². The monoisotopic (exact) mass is 335 g/mol. The number of benzene rings is 2. The molecule has 1 heterocycles. The fourth-order valence-corrected chi connectivity index (χ4v) is 2.98. The molecule has 0 aliphatic heterocycles. The fraction of sp³-hybridized carbons (Fsp3) is 0.364. The van der Waals surface area contributed by atoms with E-state index >= 15 is 0 Å². The summed E-state index contributed by atoms with van der Waals surface area (Å²) in [5.41, 5.74) is 5.22. The smallest absolute Gasteiger partial charge is 0.181 e. The topological polar surface area (TPSA) is 43.1 Å². The van der Waals surface area contributed by atoms with Gasteiger partial charge in [0.15, 0.2) is 12.0 Å². The zero-order valence-electron chi connectivity index (χ0n) is 15.4. The first-order valence-corrected chi connectivity index (χ1v) is 8.80. The van der Waals surface area contributed by atoms with Crippen molar-refractivity contribution in [3.05, 3.63) is 65.5 Å². The van der Waals surface area contributed by atoms with Crippen molar-refractivity contribution in [3.63, 3.8) is 0 Å². The zero-order chi connectivity index (χ0) is 18.0. The Labute approximate surface area is 149 Å². The van der Waals surface area contributed by atoms with Gasteiger partial charge in [-0.1, -0.05) is 58.0 Å². The lowest BCUT2D eigenvalue weighted by atomic mass is 9.86. The van der Waals surface area contributed by atoms with E-state index < -0.39 is 0 Å². The SMILES string of the molecule is CC(C(=O)CCc1ccc(C(C)(C)C)cc1)c1ccc2ncoc2c1. The molecule has 0 amide bonds. The summed E-state index contributed by atoms with van der Waals surface area (Å²) >= 11 is 0. The number of nitrogens with zero attached hydrogens (tertiary/aromatic N) is 1. The number of aryl methyl sites for hydroxylation is 1. The van der Waals surface area contributed by atoms with Gasteiger partial charge < -0.3 is 4.42 Å². The molecule has 25 heavy (non-hydrogen) atoms. The average Bonchev–Trinajstić information content (AvgIpc) is 3.06. The number of carbonyl (C=O) groups is 1. The van der Waals surface area contributed by atoms with Crippen molar-refractivity contribution < 1.29 is 9.21 Å². The molecule has 0 aliphatic rings. The number of aromatic nitrogens is 1. The maximum Gasteiger partial charge on any atom is 0.181 e. The molecule has 1 atom stereocenters. The second-order valence-corrected chi connectivity index (χ2v) is 7.71. The maximum atomic E-state index is 12.6. The van der Waals surface area contributed by atoms with Crippen molar-refractivity contribution in [2.45, 2.75) is 51.9 Å². The second kappa shape index (κ2) is 6.83. The number of oxazole rings is 1. The molecular weight excluding hydrogens is 310 g/mol. The number of Topliss-reactive ketones (excluding diaryl/α,β-unsaturated/α-hetero) is 1. The summed E-state index contributed by atoms with van der Waals surface area (Å²) in [4.78, 5) is 16.7. The number of rotatable bonds is 5. The molecule has 0 saturated heterocycles. The van der Waals surface area contributed by atoms with Crippen LogP contribution in [-0.4, -0.2) is 10.8 Å². The Morgan fingerprint density at radius 3 is 2.52 bits per heavy atom. The van der Waals surface area contributed by atoms with Crippen molar-refractivity contribution in [2.24, 2.45) is 0 Å². The van der Waals surface area contributed by atoms with Crippen LogP contribution in [0.3, 0.4) is 0 Å². The van der Waals surface area contributed by atoms with Crippen LogP contribution >= 0.6 is 0 Å². The Hall–Kier alpha value is -2.42. The highest BCUT2D eigenvalue weighted by Crippen LogP contribution is 2.25. The molecule has 3 heteroatoms. The third kappa shape index (κ3) is 3.98. The number of hydrogen-bond acceptors (Lipinski definition) is 3. The summed E-state index contributed by atoms with van der Waals surface area (Å²) in [6.07, 6.45) is 2.75. The van der Waals surface area contributed by atoms with E-state index in [-0.39, 0.29) is 17.1 Å². The molecule has 1 unspecified atom stereocenters. The Balaban J connectivity index is 1.63. The van der Waals surface area contributed by atoms with Crippen LogP contribution in [0, 0.1) is 0 Å². The summed E-state index contributed by atoms with van der Waals surface area (Å²) in [6.45, 7) is 8.58. The molecule has 0 bridgehead atoms. The summed E-state index contributed by atoms with van der Waals surface area (Å²) < 4.78 is 5.33. The minimum Gasteiger partial charge on any atom is -0.443 e. The number of hydrogen-bond donors (Lipinski definition) is 0. The highest BCUT2D eigenvalue weighted by Gasteiger charge is 2.17. The molecule has 0 radical (unpaired) electrons. The highest BCUT2D eigenvalue weighted by molar-refractivity contribution is 5.86. The van der Waals surface area contributed by atoms with Gasteiger partial charge in [0.2, 0.25) is 0 Å². The van der Waals surface area contributed by atoms with Crippen LogP contribution in [0.5, 0.6) is 0 Å². The molecule has 130 valence electrons. The first kappa shape index (κ1) is 17.4. The lowest BCUT2D eigenvalue weighted by Gasteiger charge is -2.19. The quantitative estimate of drug-likeness (QED) is 0.624. The maximum absolute atomic E-state index is 12.6. The van der Waals surface area contributed by atoms with E-state index in [2.05, 4.69) is 50.0 Å². The molecule has 1 aromatic heterocycles. The van der Waals surface area contributed by atoms with Crippen LogP contribution in [0.25, 0.3) is 11.1 Å². The Morgan fingerprint density at radius 2 is 1.84 bits per heavy atom. The third-order valence-electron chi connectivity index (χ3n) is 4.82. The standard InChI is InChI=1S/C22H25NO2/c1-15(17-8-11-19-21(13-17)25-14-23-19)20(24)12-7-16-5-9-18(10-6-16)22(2,3)4/h5-6,8-11,13-15H,7,12H2,1-4H3. The lowest BCUT2D eigenvalue weighted by Crippen LogP contribution is -2.11. The van der Waals surface area contributed by atoms with Crippen LogP contribution in [0.2, 0.25) is 0 Å². The van der Waals surface area contributed by atoms with Gasteiger partial charge in [-0.2, -0.15) is 0 Å². The van der Waals surface area contributed by atoms with Crippen molar-refractivity contribution in [3.8, 4) is 0 Å². The fourth-order valence-electron chi connectivity index (χ4n) is 2.98. The molecule has 3 nitrogen and oxygen atoms in total. The van der Waals surface area contributed by atoms with Crippen LogP contribution in [0.4, 0.5) is 0 Å². The molecule has 0 N–H and O–H groups in total. The van der Waals surface area contributed by atoms with Gasteiger partial charge in [0.05, 0.1) is 0 Å². The van der Waals surface area contributed by atoms with Gasteiger partial charge in [-0.05, 0) is 40.7 Å². The summed E-state index contributed by atoms with van der Waals surface area (Å²) in [6, 6.07) is 14.4. The molecular formula is C22H25NO2. The van der Waals surface area contributed by atoms with E-state index in [0.717, 1.165) is 23.1 Å². The molecule has 3 rings (SSSR count). The summed E-state index contributed by atoms with van der Waals surface area (Å²) in [5, 5.41) is 0. The Kier molecular flexibility index (Phi) is 4.76. The lowest BCUT2D eigenvalue weighted by molar-refractivity contribution is -0.120. The molecule has 3 aromatic rings. The van der Waals surface area contributed by atoms with E-state index in [4.69, 9.17) is 4.42 Å². The summed E-state index contributed by atoms with van der Waals surface area (Å²) in [5.74, 6) is 0.113. The van der Waals surface area contributed by atoms with Gasteiger partial charge >= 0.3 is 0 Å². The van der Waals surface area contributed by atoms with Crippen LogP contribution in [-0.2, 0) is 16.6 Å². The van der Waals surface area contributed by atoms with E-state index in [1.165, 1.54) is 17.5 Å². The number of fused-ring (bicyclic) bond motifs is 1. The minimum absolute atomic E-state index is 0.136. The molecule has 2 aromatic carbocycles. The number of carbonyl (C=O) groups excluding carboxylic acids is 1.